The van der Waals surface area contributed by atoms with Crippen molar-refractivity contribution in [3.63, 3.8) is 0 Å². The van der Waals surface area contributed by atoms with Crippen LogP contribution in [0.1, 0.15) is 26.7 Å². The highest BCUT2D eigenvalue weighted by molar-refractivity contribution is 5.03. The largest absolute Gasteiger partial charge is 0.392 e. The van der Waals surface area contributed by atoms with Crippen molar-refractivity contribution in [2.45, 2.75) is 26.7 Å². The number of hydrogen-bond acceptors (Lipinski definition) is 2. The molecular weight excluding hydrogens is 152 g/mol. The van der Waals surface area contributed by atoms with E-state index >= 15 is 0 Å². The van der Waals surface area contributed by atoms with Crippen molar-refractivity contribution in [2.24, 2.45) is 0 Å². The Bertz CT molecular complexity index is 169. The smallest absolute Gasteiger partial charge is 0.0639 e. The minimum absolute atomic E-state index is 0.120. The average molecular weight is 170 g/mol. The Hall–Kier alpha value is -0.600. The van der Waals surface area contributed by atoms with Gasteiger partial charge in [0.15, 0.2) is 0 Å². The highest BCUT2D eigenvalue weighted by Crippen LogP contribution is 2.05. The van der Waals surface area contributed by atoms with Crippen LogP contribution in [-0.2, 0) is 0 Å². The van der Waals surface area contributed by atoms with E-state index in [0.717, 1.165) is 18.4 Å². The number of aliphatic hydroxyl groups is 2. The van der Waals surface area contributed by atoms with Gasteiger partial charge in [0.1, 0.15) is 0 Å². The lowest BCUT2D eigenvalue weighted by Crippen LogP contribution is -1.85. The number of rotatable bonds is 5. The maximum atomic E-state index is 8.68. The summed E-state index contributed by atoms with van der Waals surface area (Å²) in [5.41, 5.74) is 2.20. The van der Waals surface area contributed by atoms with E-state index in [9.17, 15) is 0 Å². The summed E-state index contributed by atoms with van der Waals surface area (Å²) in [6.45, 7) is 4.17. The second-order valence-corrected chi connectivity index (χ2v) is 2.98. The summed E-state index contributed by atoms with van der Waals surface area (Å²) in [6, 6.07) is 0. The van der Waals surface area contributed by atoms with Crippen LogP contribution in [0.2, 0.25) is 0 Å². The van der Waals surface area contributed by atoms with Gasteiger partial charge < -0.3 is 10.2 Å². The number of allylic oxidation sites excluding steroid dienone is 2. The molecule has 2 N–H and O–H groups in total. The fraction of sp³-hybridized carbons (Fsp3) is 0.600. The molecule has 0 saturated heterocycles. The van der Waals surface area contributed by atoms with Crippen molar-refractivity contribution >= 4 is 0 Å². The molecule has 0 bridgehead atoms. The number of hydrogen-bond donors (Lipinski definition) is 2. The first-order valence-electron chi connectivity index (χ1n) is 4.23. The molecule has 0 atom stereocenters. The lowest BCUT2D eigenvalue weighted by Gasteiger charge is -1.97. The molecule has 2 nitrogen and oxygen atoms in total. The maximum absolute atomic E-state index is 8.68. The monoisotopic (exact) mass is 170 g/mol. The van der Waals surface area contributed by atoms with Gasteiger partial charge in [0, 0.05) is 0 Å². The topological polar surface area (TPSA) is 40.5 Å². The molecule has 0 aromatic rings. The van der Waals surface area contributed by atoms with Crippen LogP contribution in [0.5, 0.6) is 0 Å². The van der Waals surface area contributed by atoms with E-state index in [1.165, 1.54) is 5.57 Å². The maximum Gasteiger partial charge on any atom is 0.0639 e. The van der Waals surface area contributed by atoms with Crippen molar-refractivity contribution in [3.8, 4) is 0 Å². The van der Waals surface area contributed by atoms with Gasteiger partial charge in [-0.2, -0.15) is 0 Å². The molecule has 12 heavy (non-hydrogen) atoms. The Kier molecular flexibility index (Phi) is 6.72. The van der Waals surface area contributed by atoms with E-state index in [-0.39, 0.29) is 13.2 Å². The zero-order valence-corrected chi connectivity index (χ0v) is 7.88. The molecule has 0 heterocycles. The molecule has 0 spiro atoms. The summed E-state index contributed by atoms with van der Waals surface area (Å²) < 4.78 is 0. The van der Waals surface area contributed by atoms with Crippen LogP contribution in [0.3, 0.4) is 0 Å². The van der Waals surface area contributed by atoms with Crippen LogP contribution in [-0.4, -0.2) is 23.4 Å². The molecule has 0 aliphatic carbocycles. The predicted molar refractivity (Wildman–Crippen MR) is 50.9 cm³/mol. The third-order valence-electron chi connectivity index (χ3n) is 1.72. The molecule has 2 heteroatoms. The summed E-state index contributed by atoms with van der Waals surface area (Å²) in [5.74, 6) is 0. The fourth-order valence-corrected chi connectivity index (χ4v) is 0.869. The molecule has 0 rings (SSSR count). The molecule has 0 radical (unpaired) electrons. The Morgan fingerprint density at radius 2 is 1.75 bits per heavy atom. The van der Waals surface area contributed by atoms with Crippen molar-refractivity contribution in [3.05, 3.63) is 23.3 Å². The van der Waals surface area contributed by atoms with Gasteiger partial charge in [-0.3, -0.25) is 0 Å². The van der Waals surface area contributed by atoms with E-state index in [1.807, 2.05) is 26.0 Å². The van der Waals surface area contributed by atoms with Gasteiger partial charge in [-0.25, -0.2) is 0 Å². The normalized spacial score (nSPS) is 13.7. The zero-order valence-electron chi connectivity index (χ0n) is 7.88. The molecule has 0 aliphatic rings. The van der Waals surface area contributed by atoms with Gasteiger partial charge in [0.2, 0.25) is 0 Å². The van der Waals surface area contributed by atoms with Crippen LogP contribution >= 0.6 is 0 Å². The Morgan fingerprint density at radius 1 is 1.08 bits per heavy atom. The first-order chi connectivity index (χ1) is 5.70. The fourth-order valence-electron chi connectivity index (χ4n) is 0.869. The minimum Gasteiger partial charge on any atom is -0.392 e. The Balaban J connectivity index is 3.62. The van der Waals surface area contributed by atoms with E-state index < -0.39 is 0 Å². The molecule has 0 aromatic carbocycles. The van der Waals surface area contributed by atoms with Crippen molar-refractivity contribution in [2.75, 3.05) is 13.2 Å². The first-order valence-corrected chi connectivity index (χ1v) is 4.23. The van der Waals surface area contributed by atoms with Crippen molar-refractivity contribution in [1.29, 1.82) is 0 Å². The van der Waals surface area contributed by atoms with E-state index in [4.69, 9.17) is 10.2 Å². The van der Waals surface area contributed by atoms with Crippen LogP contribution in [0.4, 0.5) is 0 Å². The van der Waals surface area contributed by atoms with Gasteiger partial charge in [0.25, 0.3) is 0 Å². The second-order valence-electron chi connectivity index (χ2n) is 2.98. The SMILES string of the molecule is C/C(=C/CO)CC/C=C(\C)CO. The molecule has 0 saturated carbocycles. The molecule has 70 valence electrons. The molecule has 0 aromatic heterocycles. The molecule has 0 aliphatic heterocycles. The van der Waals surface area contributed by atoms with Crippen LogP contribution in [0, 0.1) is 0 Å². The van der Waals surface area contributed by atoms with Crippen molar-refractivity contribution in [1.82, 2.24) is 0 Å². The molecule has 0 amide bonds. The van der Waals surface area contributed by atoms with Gasteiger partial charge >= 0.3 is 0 Å². The zero-order chi connectivity index (χ0) is 9.40. The summed E-state index contributed by atoms with van der Waals surface area (Å²) in [4.78, 5) is 0. The summed E-state index contributed by atoms with van der Waals surface area (Å²) in [6.07, 6.45) is 5.73. The average Bonchev–Trinajstić information content (AvgIpc) is 2.04. The standard InChI is InChI=1S/C10H18O2/c1-9(6-7-11)4-3-5-10(2)8-12/h5-6,11-12H,3-4,7-8H2,1-2H3/b9-6-,10-5+. The lowest BCUT2D eigenvalue weighted by atomic mass is 10.1. The lowest BCUT2D eigenvalue weighted by molar-refractivity contribution is 0.331. The summed E-state index contributed by atoms with van der Waals surface area (Å²) in [5, 5.41) is 17.2. The second kappa shape index (κ2) is 7.07. The summed E-state index contributed by atoms with van der Waals surface area (Å²) >= 11 is 0. The molecule has 0 fully saturated rings. The van der Waals surface area contributed by atoms with Gasteiger partial charge in [-0.1, -0.05) is 23.3 Å². The van der Waals surface area contributed by atoms with Crippen LogP contribution < -0.4 is 0 Å². The van der Waals surface area contributed by atoms with E-state index in [1.54, 1.807) is 0 Å². The predicted octanol–water partition coefficient (Wildman–Crippen LogP) is 1.64. The van der Waals surface area contributed by atoms with E-state index in [2.05, 4.69) is 0 Å². The number of aliphatic hydroxyl groups excluding tert-OH is 2. The highest BCUT2D eigenvalue weighted by Gasteiger charge is 1.88. The van der Waals surface area contributed by atoms with E-state index in [0.29, 0.717) is 0 Å². The van der Waals surface area contributed by atoms with Gasteiger partial charge in [0.05, 0.1) is 13.2 Å². The van der Waals surface area contributed by atoms with Crippen LogP contribution in [0.15, 0.2) is 23.3 Å². The Labute approximate surface area is 74.2 Å². The third kappa shape index (κ3) is 6.13. The van der Waals surface area contributed by atoms with Crippen molar-refractivity contribution < 1.29 is 10.2 Å². The summed E-state index contributed by atoms with van der Waals surface area (Å²) in [7, 11) is 0. The quantitative estimate of drug-likeness (QED) is 0.616. The Morgan fingerprint density at radius 3 is 2.25 bits per heavy atom. The van der Waals surface area contributed by atoms with Gasteiger partial charge in [-0.15, -0.1) is 0 Å². The molecule has 0 unspecified atom stereocenters. The first kappa shape index (κ1) is 11.4. The minimum atomic E-state index is 0.120. The van der Waals surface area contributed by atoms with Crippen LogP contribution in [0.25, 0.3) is 0 Å². The highest BCUT2D eigenvalue weighted by atomic mass is 16.3. The molecular formula is C10H18O2. The third-order valence-corrected chi connectivity index (χ3v) is 1.72. The van der Waals surface area contributed by atoms with Gasteiger partial charge in [-0.05, 0) is 26.7 Å².